The molecule has 2 aromatic rings. The summed E-state index contributed by atoms with van der Waals surface area (Å²) in [6.45, 7) is 2.05. The van der Waals surface area contributed by atoms with Crippen molar-refractivity contribution in [2.24, 2.45) is 7.05 Å². The molecule has 0 amide bonds. The maximum atomic E-state index is 12.0. The lowest BCUT2D eigenvalue weighted by molar-refractivity contribution is 0.0458. The molecule has 0 N–H and O–H groups in total. The molecule has 0 bridgehead atoms. The molecule has 106 valence electrons. The topological polar surface area (TPSA) is 40.5 Å². The van der Waals surface area contributed by atoms with Gasteiger partial charge in [0.15, 0.2) is 0 Å². The van der Waals surface area contributed by atoms with E-state index in [0.29, 0.717) is 16.5 Å². The summed E-state index contributed by atoms with van der Waals surface area (Å²) in [5.74, 6) is 0.271. The Morgan fingerprint density at radius 1 is 1.30 bits per heavy atom. The van der Waals surface area contributed by atoms with Crippen LogP contribution < -0.4 is 4.74 Å². The molecule has 0 aliphatic heterocycles. The summed E-state index contributed by atoms with van der Waals surface area (Å²) in [5, 5.41) is 0.576. The van der Waals surface area contributed by atoms with E-state index in [1.807, 2.05) is 20.0 Å². The quantitative estimate of drug-likeness (QED) is 0.812. The smallest absolute Gasteiger partial charge is 0.355 e. The van der Waals surface area contributed by atoms with Gasteiger partial charge >= 0.3 is 5.97 Å². The molecule has 0 aliphatic rings. The first-order chi connectivity index (χ1) is 9.52. The SMILES string of the molecule is COc1ccc(Cl)cc1COC(=O)c1ccc(C)n1C. The van der Waals surface area contributed by atoms with Gasteiger partial charge in [-0.1, -0.05) is 11.6 Å². The molecule has 0 radical (unpaired) electrons. The fourth-order valence-corrected chi connectivity index (χ4v) is 2.09. The highest BCUT2D eigenvalue weighted by Crippen LogP contribution is 2.23. The number of halogens is 1. The zero-order valence-corrected chi connectivity index (χ0v) is 12.4. The second kappa shape index (κ2) is 6.01. The van der Waals surface area contributed by atoms with Crippen LogP contribution in [0.1, 0.15) is 21.7 Å². The van der Waals surface area contributed by atoms with Crippen LogP contribution in [-0.2, 0) is 18.4 Å². The molecule has 4 nitrogen and oxygen atoms in total. The van der Waals surface area contributed by atoms with Crippen molar-refractivity contribution in [1.29, 1.82) is 0 Å². The molecule has 5 heteroatoms. The van der Waals surface area contributed by atoms with Gasteiger partial charge in [-0.25, -0.2) is 4.79 Å². The number of aryl methyl sites for hydroxylation is 1. The number of hydrogen-bond acceptors (Lipinski definition) is 3. The predicted octanol–water partition coefficient (Wildman–Crippen LogP) is 3.35. The van der Waals surface area contributed by atoms with Crippen LogP contribution in [0.25, 0.3) is 0 Å². The Morgan fingerprint density at radius 3 is 2.65 bits per heavy atom. The Balaban J connectivity index is 2.11. The van der Waals surface area contributed by atoms with Crippen LogP contribution in [0.15, 0.2) is 30.3 Å². The largest absolute Gasteiger partial charge is 0.496 e. The van der Waals surface area contributed by atoms with Crippen molar-refractivity contribution in [2.45, 2.75) is 13.5 Å². The molecule has 0 fully saturated rings. The van der Waals surface area contributed by atoms with Gasteiger partial charge in [0, 0.05) is 23.3 Å². The van der Waals surface area contributed by atoms with Crippen molar-refractivity contribution in [2.75, 3.05) is 7.11 Å². The molecule has 1 aromatic carbocycles. The Hall–Kier alpha value is -1.94. The van der Waals surface area contributed by atoms with E-state index in [1.165, 1.54) is 0 Å². The zero-order chi connectivity index (χ0) is 14.7. The van der Waals surface area contributed by atoms with E-state index in [1.54, 1.807) is 35.9 Å². The van der Waals surface area contributed by atoms with Gasteiger partial charge in [-0.3, -0.25) is 0 Å². The molecule has 2 rings (SSSR count). The second-order valence-corrected chi connectivity index (χ2v) is 4.89. The zero-order valence-electron chi connectivity index (χ0n) is 11.6. The molecule has 0 saturated heterocycles. The molecule has 20 heavy (non-hydrogen) atoms. The van der Waals surface area contributed by atoms with Crippen molar-refractivity contribution >= 4 is 17.6 Å². The number of rotatable bonds is 4. The molecule has 0 saturated carbocycles. The van der Waals surface area contributed by atoms with Gasteiger partial charge in [0.1, 0.15) is 18.1 Å². The second-order valence-electron chi connectivity index (χ2n) is 4.45. The van der Waals surface area contributed by atoms with Crippen molar-refractivity contribution in [1.82, 2.24) is 4.57 Å². The molecule has 0 spiro atoms. The van der Waals surface area contributed by atoms with E-state index in [9.17, 15) is 4.79 Å². The number of aromatic nitrogens is 1. The Morgan fingerprint density at radius 2 is 2.05 bits per heavy atom. The molecule has 1 heterocycles. The van der Waals surface area contributed by atoms with E-state index in [0.717, 1.165) is 11.3 Å². The number of esters is 1. The number of hydrogen-bond donors (Lipinski definition) is 0. The third-order valence-corrected chi connectivity index (χ3v) is 3.42. The first-order valence-corrected chi connectivity index (χ1v) is 6.52. The molecule has 0 atom stereocenters. The minimum absolute atomic E-state index is 0.118. The lowest BCUT2D eigenvalue weighted by atomic mass is 10.2. The monoisotopic (exact) mass is 293 g/mol. The lowest BCUT2D eigenvalue weighted by Crippen LogP contribution is -2.11. The van der Waals surface area contributed by atoms with Crippen LogP contribution in [0.2, 0.25) is 5.02 Å². The highest BCUT2D eigenvalue weighted by Gasteiger charge is 2.13. The normalized spacial score (nSPS) is 10.4. The summed E-state index contributed by atoms with van der Waals surface area (Å²) < 4.78 is 12.3. The standard InChI is InChI=1S/C15H16ClNO3/c1-10-4-6-13(17(10)2)15(18)20-9-11-8-12(16)5-7-14(11)19-3/h4-8H,9H2,1-3H3. The molecule has 0 unspecified atom stereocenters. The van der Waals surface area contributed by atoms with Crippen molar-refractivity contribution in [3.63, 3.8) is 0 Å². The average Bonchev–Trinajstić information content (AvgIpc) is 2.76. The van der Waals surface area contributed by atoms with Crippen LogP contribution in [0.4, 0.5) is 0 Å². The Bertz CT molecular complexity index is 634. The lowest BCUT2D eigenvalue weighted by Gasteiger charge is -2.10. The van der Waals surface area contributed by atoms with Crippen LogP contribution in [0.5, 0.6) is 5.75 Å². The average molecular weight is 294 g/mol. The van der Waals surface area contributed by atoms with Gasteiger partial charge < -0.3 is 14.0 Å². The summed E-state index contributed by atoms with van der Waals surface area (Å²) in [6.07, 6.45) is 0. The number of carbonyl (C=O) groups is 1. The summed E-state index contributed by atoms with van der Waals surface area (Å²) in [7, 11) is 3.39. The Labute approximate surface area is 122 Å². The van der Waals surface area contributed by atoms with E-state index in [-0.39, 0.29) is 12.6 Å². The van der Waals surface area contributed by atoms with Crippen LogP contribution in [0.3, 0.4) is 0 Å². The summed E-state index contributed by atoms with van der Waals surface area (Å²) in [6, 6.07) is 8.82. The van der Waals surface area contributed by atoms with E-state index in [4.69, 9.17) is 21.1 Å². The Kier molecular flexibility index (Phi) is 4.35. The number of nitrogens with zero attached hydrogens (tertiary/aromatic N) is 1. The first kappa shape index (κ1) is 14.5. The van der Waals surface area contributed by atoms with Crippen molar-refractivity contribution in [3.8, 4) is 5.75 Å². The molecule has 0 aliphatic carbocycles. The van der Waals surface area contributed by atoms with Gasteiger partial charge in [-0.05, 0) is 37.3 Å². The fourth-order valence-electron chi connectivity index (χ4n) is 1.90. The van der Waals surface area contributed by atoms with E-state index in [2.05, 4.69) is 0 Å². The van der Waals surface area contributed by atoms with Gasteiger partial charge in [0.05, 0.1) is 7.11 Å². The third-order valence-electron chi connectivity index (χ3n) is 3.18. The van der Waals surface area contributed by atoms with Gasteiger partial charge in [0.25, 0.3) is 0 Å². The summed E-state index contributed by atoms with van der Waals surface area (Å²) in [5.41, 5.74) is 2.25. The molecule has 1 aromatic heterocycles. The predicted molar refractivity (Wildman–Crippen MR) is 77.3 cm³/mol. The van der Waals surface area contributed by atoms with Crippen LogP contribution in [-0.4, -0.2) is 17.6 Å². The van der Waals surface area contributed by atoms with E-state index < -0.39 is 0 Å². The first-order valence-electron chi connectivity index (χ1n) is 6.14. The third kappa shape index (κ3) is 2.96. The van der Waals surface area contributed by atoms with Gasteiger partial charge in [-0.2, -0.15) is 0 Å². The molecular weight excluding hydrogens is 278 g/mol. The number of methoxy groups -OCH3 is 1. The molecular formula is C15H16ClNO3. The number of benzene rings is 1. The van der Waals surface area contributed by atoms with E-state index >= 15 is 0 Å². The minimum Gasteiger partial charge on any atom is -0.496 e. The van der Waals surface area contributed by atoms with Crippen molar-refractivity contribution in [3.05, 3.63) is 52.3 Å². The van der Waals surface area contributed by atoms with Gasteiger partial charge in [-0.15, -0.1) is 0 Å². The number of ether oxygens (including phenoxy) is 2. The maximum Gasteiger partial charge on any atom is 0.355 e. The van der Waals surface area contributed by atoms with Crippen LogP contribution in [0, 0.1) is 6.92 Å². The fraction of sp³-hybridized carbons (Fsp3) is 0.267. The van der Waals surface area contributed by atoms with Gasteiger partial charge in [0.2, 0.25) is 0 Å². The highest BCUT2D eigenvalue weighted by molar-refractivity contribution is 6.30. The van der Waals surface area contributed by atoms with Crippen LogP contribution >= 0.6 is 11.6 Å². The number of carbonyl (C=O) groups excluding carboxylic acids is 1. The van der Waals surface area contributed by atoms with Crippen molar-refractivity contribution < 1.29 is 14.3 Å². The summed E-state index contributed by atoms with van der Waals surface area (Å²) >= 11 is 5.93. The highest BCUT2D eigenvalue weighted by atomic mass is 35.5. The summed E-state index contributed by atoms with van der Waals surface area (Å²) in [4.78, 5) is 12.0. The minimum atomic E-state index is -0.373. The maximum absolute atomic E-state index is 12.0.